The first-order chi connectivity index (χ1) is 8.83. The molecule has 0 aliphatic carbocycles. The molecule has 0 aliphatic heterocycles. The second kappa shape index (κ2) is 6.17. The highest BCUT2D eigenvalue weighted by Gasteiger charge is 2.03. The number of hydrogen-bond donors (Lipinski definition) is 1. The van der Waals surface area contributed by atoms with Gasteiger partial charge in [-0.1, -0.05) is 25.1 Å². The molecule has 94 valence electrons. The average Bonchev–Trinajstić information content (AvgIpc) is 2.40. The maximum Gasteiger partial charge on any atom is 0.146 e. The van der Waals surface area contributed by atoms with Gasteiger partial charge in [-0.2, -0.15) is 0 Å². The Labute approximate surface area is 108 Å². The maximum absolute atomic E-state index is 5.90. The molecule has 0 spiro atoms. The smallest absolute Gasteiger partial charge is 0.146 e. The number of nitrogens with one attached hydrogen (secondary N) is 1. The fourth-order valence-corrected chi connectivity index (χ4v) is 1.84. The minimum absolute atomic E-state index is 0.781. The summed E-state index contributed by atoms with van der Waals surface area (Å²) < 4.78 is 5.90. The Kier molecular flexibility index (Phi) is 4.31. The van der Waals surface area contributed by atoms with Crippen molar-refractivity contribution in [1.82, 2.24) is 10.3 Å². The van der Waals surface area contributed by atoms with Crippen LogP contribution in [-0.2, 0) is 13.0 Å². The Morgan fingerprint density at radius 2 is 2.06 bits per heavy atom. The zero-order valence-corrected chi connectivity index (χ0v) is 10.8. The Morgan fingerprint density at radius 3 is 2.83 bits per heavy atom. The summed E-state index contributed by atoms with van der Waals surface area (Å²) in [5.41, 5.74) is 2.32. The summed E-state index contributed by atoms with van der Waals surface area (Å²) in [7, 11) is 1.92. The lowest BCUT2D eigenvalue weighted by atomic mass is 10.1. The lowest BCUT2D eigenvalue weighted by Gasteiger charge is -2.10. The summed E-state index contributed by atoms with van der Waals surface area (Å²) >= 11 is 0. The SMILES string of the molecule is CCc1ccccc1Oc1cncc(CNC)c1. The van der Waals surface area contributed by atoms with Crippen molar-refractivity contribution in [2.24, 2.45) is 0 Å². The molecule has 2 aromatic rings. The number of benzene rings is 1. The van der Waals surface area contributed by atoms with Gasteiger partial charge in [0.05, 0.1) is 6.20 Å². The molecule has 1 N–H and O–H groups in total. The molecule has 3 nitrogen and oxygen atoms in total. The number of nitrogens with zero attached hydrogens (tertiary/aromatic N) is 1. The fraction of sp³-hybridized carbons (Fsp3) is 0.267. The minimum Gasteiger partial charge on any atom is -0.455 e. The van der Waals surface area contributed by atoms with Crippen LogP contribution in [0.4, 0.5) is 0 Å². The third kappa shape index (κ3) is 3.08. The first kappa shape index (κ1) is 12.6. The molecule has 0 bridgehead atoms. The van der Waals surface area contributed by atoms with Crippen molar-refractivity contribution in [3.05, 3.63) is 53.9 Å². The molecule has 0 fully saturated rings. The van der Waals surface area contributed by atoms with Gasteiger partial charge in [-0.15, -0.1) is 0 Å². The molecule has 1 heterocycles. The predicted octanol–water partition coefficient (Wildman–Crippen LogP) is 3.16. The van der Waals surface area contributed by atoms with Gasteiger partial charge in [0.15, 0.2) is 0 Å². The van der Waals surface area contributed by atoms with Gasteiger partial charge >= 0.3 is 0 Å². The van der Waals surface area contributed by atoms with Crippen LogP contribution in [0.25, 0.3) is 0 Å². The first-order valence-corrected chi connectivity index (χ1v) is 6.17. The van der Waals surface area contributed by atoms with Crippen molar-refractivity contribution in [1.29, 1.82) is 0 Å². The number of aromatic nitrogens is 1. The molecular formula is C15H18N2O. The van der Waals surface area contributed by atoms with Crippen LogP contribution in [0.5, 0.6) is 11.5 Å². The summed E-state index contributed by atoms with van der Waals surface area (Å²) in [6.07, 6.45) is 4.54. The van der Waals surface area contributed by atoms with Crippen LogP contribution in [0.15, 0.2) is 42.7 Å². The number of aryl methyl sites for hydroxylation is 1. The number of para-hydroxylation sites is 1. The van der Waals surface area contributed by atoms with E-state index in [-0.39, 0.29) is 0 Å². The Balaban J connectivity index is 2.20. The Hall–Kier alpha value is -1.87. The molecule has 2 rings (SSSR count). The Bertz CT molecular complexity index is 511. The van der Waals surface area contributed by atoms with Crippen molar-refractivity contribution in [2.75, 3.05) is 7.05 Å². The van der Waals surface area contributed by atoms with E-state index in [0.717, 1.165) is 30.0 Å². The van der Waals surface area contributed by atoms with E-state index in [0.29, 0.717) is 0 Å². The molecule has 0 saturated carbocycles. The van der Waals surface area contributed by atoms with E-state index in [1.165, 1.54) is 5.56 Å². The van der Waals surface area contributed by atoms with E-state index in [1.54, 1.807) is 6.20 Å². The van der Waals surface area contributed by atoms with Crippen LogP contribution in [0.1, 0.15) is 18.1 Å². The molecule has 0 radical (unpaired) electrons. The van der Waals surface area contributed by atoms with Crippen molar-refractivity contribution >= 4 is 0 Å². The second-order valence-corrected chi connectivity index (χ2v) is 4.12. The van der Waals surface area contributed by atoms with Crippen molar-refractivity contribution in [3.8, 4) is 11.5 Å². The molecule has 18 heavy (non-hydrogen) atoms. The minimum atomic E-state index is 0.781. The zero-order valence-electron chi connectivity index (χ0n) is 10.8. The van der Waals surface area contributed by atoms with Crippen LogP contribution >= 0.6 is 0 Å². The van der Waals surface area contributed by atoms with Crippen LogP contribution in [0, 0.1) is 0 Å². The van der Waals surface area contributed by atoms with Gasteiger partial charge in [0.2, 0.25) is 0 Å². The molecule has 0 saturated heterocycles. The second-order valence-electron chi connectivity index (χ2n) is 4.12. The highest BCUT2D eigenvalue weighted by atomic mass is 16.5. The summed E-state index contributed by atoms with van der Waals surface area (Å²) in [6, 6.07) is 10.1. The number of rotatable bonds is 5. The van der Waals surface area contributed by atoms with Crippen LogP contribution < -0.4 is 10.1 Å². The van der Waals surface area contributed by atoms with Gasteiger partial charge in [0, 0.05) is 12.7 Å². The molecule has 0 aliphatic rings. The van der Waals surface area contributed by atoms with Gasteiger partial charge in [-0.25, -0.2) is 0 Å². The largest absolute Gasteiger partial charge is 0.455 e. The highest BCUT2D eigenvalue weighted by molar-refractivity contribution is 5.37. The van der Waals surface area contributed by atoms with E-state index in [4.69, 9.17) is 4.74 Å². The van der Waals surface area contributed by atoms with Crippen molar-refractivity contribution in [3.63, 3.8) is 0 Å². The van der Waals surface area contributed by atoms with Gasteiger partial charge in [-0.3, -0.25) is 4.98 Å². The van der Waals surface area contributed by atoms with E-state index in [2.05, 4.69) is 23.3 Å². The monoisotopic (exact) mass is 242 g/mol. The number of ether oxygens (including phenoxy) is 1. The van der Waals surface area contributed by atoms with Crippen LogP contribution in [-0.4, -0.2) is 12.0 Å². The normalized spacial score (nSPS) is 10.3. The van der Waals surface area contributed by atoms with Gasteiger partial charge < -0.3 is 10.1 Å². The van der Waals surface area contributed by atoms with Crippen LogP contribution in [0.3, 0.4) is 0 Å². The van der Waals surface area contributed by atoms with Gasteiger partial charge in [-0.05, 0) is 36.7 Å². The molecule has 0 amide bonds. The third-order valence-electron chi connectivity index (χ3n) is 2.73. The van der Waals surface area contributed by atoms with E-state index < -0.39 is 0 Å². The van der Waals surface area contributed by atoms with Crippen LogP contribution in [0.2, 0.25) is 0 Å². The third-order valence-corrected chi connectivity index (χ3v) is 2.73. The summed E-state index contributed by atoms with van der Waals surface area (Å²) in [5.74, 6) is 1.69. The highest BCUT2D eigenvalue weighted by Crippen LogP contribution is 2.25. The predicted molar refractivity (Wildman–Crippen MR) is 72.9 cm³/mol. The van der Waals surface area contributed by atoms with E-state index in [1.807, 2.05) is 37.5 Å². The molecule has 3 heteroatoms. The molecule has 1 aromatic carbocycles. The Morgan fingerprint density at radius 1 is 1.22 bits per heavy atom. The standard InChI is InChI=1S/C15H18N2O/c1-3-13-6-4-5-7-15(13)18-14-8-12(9-16-2)10-17-11-14/h4-8,10-11,16H,3,9H2,1-2H3. The van der Waals surface area contributed by atoms with Crippen molar-refractivity contribution in [2.45, 2.75) is 19.9 Å². The molecule has 0 atom stereocenters. The maximum atomic E-state index is 5.90. The topological polar surface area (TPSA) is 34.1 Å². The summed E-state index contributed by atoms with van der Waals surface area (Å²) in [4.78, 5) is 4.19. The number of pyridine rings is 1. The van der Waals surface area contributed by atoms with E-state index in [9.17, 15) is 0 Å². The first-order valence-electron chi connectivity index (χ1n) is 6.17. The lowest BCUT2D eigenvalue weighted by molar-refractivity contribution is 0.473. The number of hydrogen-bond acceptors (Lipinski definition) is 3. The molecular weight excluding hydrogens is 224 g/mol. The van der Waals surface area contributed by atoms with Gasteiger partial charge in [0.1, 0.15) is 11.5 Å². The average molecular weight is 242 g/mol. The summed E-state index contributed by atoms with van der Waals surface area (Å²) in [5, 5.41) is 3.10. The van der Waals surface area contributed by atoms with E-state index >= 15 is 0 Å². The molecule has 0 unspecified atom stereocenters. The zero-order chi connectivity index (χ0) is 12.8. The van der Waals surface area contributed by atoms with Gasteiger partial charge in [0.25, 0.3) is 0 Å². The fourth-order valence-electron chi connectivity index (χ4n) is 1.84. The summed E-state index contributed by atoms with van der Waals surface area (Å²) in [6.45, 7) is 2.91. The quantitative estimate of drug-likeness (QED) is 0.874. The molecule has 1 aromatic heterocycles. The lowest BCUT2D eigenvalue weighted by Crippen LogP contribution is -2.05. The van der Waals surface area contributed by atoms with Crippen molar-refractivity contribution < 1.29 is 4.74 Å².